The van der Waals surface area contributed by atoms with Crippen LogP contribution in [0.25, 0.3) is 0 Å². The van der Waals surface area contributed by atoms with Crippen molar-refractivity contribution in [3.63, 3.8) is 0 Å². The van der Waals surface area contributed by atoms with E-state index in [1.54, 1.807) is 12.1 Å². The third kappa shape index (κ3) is 6.59. The van der Waals surface area contributed by atoms with Crippen molar-refractivity contribution in [2.24, 2.45) is 0 Å². The number of aromatic carboxylic acids is 1. The van der Waals surface area contributed by atoms with Crippen molar-refractivity contribution in [2.75, 3.05) is 38.0 Å². The number of amides is 1. The summed E-state index contributed by atoms with van der Waals surface area (Å²) in [5.74, 6) is 0.692. The Morgan fingerprint density at radius 2 is 1.53 bits per heavy atom. The molecule has 34 heavy (non-hydrogen) atoms. The zero-order valence-corrected chi connectivity index (χ0v) is 19.0. The molecule has 4 rings (SSSR count). The summed E-state index contributed by atoms with van der Waals surface area (Å²) in [7, 11) is 0. The van der Waals surface area contributed by atoms with Gasteiger partial charge in [-0.15, -0.1) is 0 Å². The maximum atomic E-state index is 12.8. The first-order valence-electron chi connectivity index (χ1n) is 11.5. The summed E-state index contributed by atoms with van der Waals surface area (Å²) in [5, 5.41) is 12.3. The normalized spacial score (nSPS) is 14.3. The van der Waals surface area contributed by atoms with Gasteiger partial charge in [0, 0.05) is 38.4 Å². The van der Waals surface area contributed by atoms with E-state index in [4.69, 9.17) is 9.84 Å². The SMILES string of the molecule is O=C(O)c1ccc(CN2CCCN(C(=O)CNc3ccc(Oc4ccccc4)cc3)CC2)cc1. The van der Waals surface area contributed by atoms with Crippen molar-refractivity contribution in [3.05, 3.63) is 90.0 Å². The van der Waals surface area contributed by atoms with Gasteiger partial charge in [-0.3, -0.25) is 9.69 Å². The minimum absolute atomic E-state index is 0.0808. The van der Waals surface area contributed by atoms with Crippen LogP contribution in [0, 0.1) is 0 Å². The molecule has 1 amide bonds. The number of ether oxygens (including phenoxy) is 1. The maximum Gasteiger partial charge on any atom is 0.335 e. The van der Waals surface area contributed by atoms with E-state index >= 15 is 0 Å². The highest BCUT2D eigenvalue weighted by Gasteiger charge is 2.19. The standard InChI is InChI=1S/C27H29N3O4/c31-26(19-28-23-11-13-25(14-12-23)34-24-5-2-1-3-6-24)30-16-4-15-29(17-18-30)20-21-7-9-22(10-8-21)27(32)33/h1-3,5-14,28H,4,15-20H2,(H,32,33). The number of benzene rings is 3. The Kier molecular flexibility index (Phi) is 7.78. The Morgan fingerprint density at radius 3 is 2.24 bits per heavy atom. The molecule has 3 aromatic carbocycles. The summed E-state index contributed by atoms with van der Waals surface area (Å²) in [6.07, 6.45) is 0.907. The van der Waals surface area contributed by atoms with Crippen LogP contribution in [0.5, 0.6) is 11.5 Å². The van der Waals surface area contributed by atoms with Gasteiger partial charge in [0.1, 0.15) is 11.5 Å². The van der Waals surface area contributed by atoms with E-state index in [9.17, 15) is 9.59 Å². The lowest BCUT2D eigenvalue weighted by Crippen LogP contribution is -2.38. The lowest BCUT2D eigenvalue weighted by atomic mass is 10.1. The molecule has 7 heteroatoms. The fourth-order valence-electron chi connectivity index (χ4n) is 3.94. The van der Waals surface area contributed by atoms with Gasteiger partial charge in [-0.2, -0.15) is 0 Å². The molecule has 7 nitrogen and oxygen atoms in total. The molecule has 2 N–H and O–H groups in total. The topological polar surface area (TPSA) is 82.1 Å². The number of carboxylic acids is 1. The molecule has 0 atom stereocenters. The second kappa shape index (κ2) is 11.3. The minimum Gasteiger partial charge on any atom is -0.478 e. The molecule has 0 unspecified atom stereocenters. The van der Waals surface area contributed by atoms with Crippen LogP contribution in [-0.2, 0) is 11.3 Å². The van der Waals surface area contributed by atoms with Gasteiger partial charge in [-0.25, -0.2) is 4.79 Å². The highest BCUT2D eigenvalue weighted by Crippen LogP contribution is 2.22. The summed E-state index contributed by atoms with van der Waals surface area (Å²) in [6.45, 7) is 4.10. The molecule has 1 fully saturated rings. The fraction of sp³-hybridized carbons (Fsp3) is 0.259. The van der Waals surface area contributed by atoms with Crippen LogP contribution in [0.4, 0.5) is 5.69 Å². The van der Waals surface area contributed by atoms with Gasteiger partial charge < -0.3 is 20.1 Å². The quantitative estimate of drug-likeness (QED) is 0.522. The van der Waals surface area contributed by atoms with E-state index in [2.05, 4.69) is 10.2 Å². The zero-order valence-electron chi connectivity index (χ0n) is 19.0. The number of carbonyl (C=O) groups excluding carboxylic acids is 1. The van der Waals surface area contributed by atoms with Crippen molar-refractivity contribution in [1.29, 1.82) is 0 Å². The molecule has 1 aliphatic rings. The van der Waals surface area contributed by atoms with Crippen LogP contribution in [0.15, 0.2) is 78.9 Å². The Labute approximate surface area is 199 Å². The largest absolute Gasteiger partial charge is 0.478 e. The van der Waals surface area contributed by atoms with Crippen LogP contribution >= 0.6 is 0 Å². The van der Waals surface area contributed by atoms with Gasteiger partial charge in [0.2, 0.25) is 5.91 Å². The summed E-state index contributed by atoms with van der Waals surface area (Å²) < 4.78 is 5.80. The minimum atomic E-state index is -0.916. The average molecular weight is 460 g/mol. The molecule has 176 valence electrons. The predicted octanol–water partition coefficient (Wildman–Crippen LogP) is 4.32. The molecule has 0 radical (unpaired) electrons. The first kappa shape index (κ1) is 23.3. The summed E-state index contributed by atoms with van der Waals surface area (Å²) >= 11 is 0. The molecule has 0 aromatic heterocycles. The summed E-state index contributed by atoms with van der Waals surface area (Å²) in [6, 6.07) is 24.2. The van der Waals surface area contributed by atoms with E-state index in [1.807, 2.05) is 71.6 Å². The highest BCUT2D eigenvalue weighted by atomic mass is 16.5. The average Bonchev–Trinajstić information content (AvgIpc) is 3.10. The second-order valence-electron chi connectivity index (χ2n) is 8.31. The Hall–Kier alpha value is -3.84. The first-order chi connectivity index (χ1) is 16.6. The van der Waals surface area contributed by atoms with E-state index in [-0.39, 0.29) is 12.5 Å². The molecule has 0 saturated carbocycles. The monoisotopic (exact) mass is 459 g/mol. The van der Waals surface area contributed by atoms with E-state index < -0.39 is 5.97 Å². The van der Waals surface area contributed by atoms with E-state index in [1.165, 1.54) is 0 Å². The van der Waals surface area contributed by atoms with Crippen LogP contribution in [0.1, 0.15) is 22.3 Å². The van der Waals surface area contributed by atoms with Crippen molar-refractivity contribution in [2.45, 2.75) is 13.0 Å². The number of nitrogens with zero attached hydrogens (tertiary/aromatic N) is 2. The van der Waals surface area contributed by atoms with Crippen molar-refractivity contribution in [3.8, 4) is 11.5 Å². The summed E-state index contributed by atoms with van der Waals surface area (Å²) in [4.78, 5) is 28.0. The van der Waals surface area contributed by atoms with Crippen LogP contribution < -0.4 is 10.1 Å². The molecule has 1 saturated heterocycles. The Bertz CT molecular complexity index is 1090. The molecule has 0 spiro atoms. The van der Waals surface area contributed by atoms with Crippen LogP contribution in [0.2, 0.25) is 0 Å². The number of para-hydroxylation sites is 1. The number of rotatable bonds is 8. The van der Waals surface area contributed by atoms with E-state index in [0.29, 0.717) is 12.1 Å². The van der Waals surface area contributed by atoms with Gasteiger partial charge in [-0.05, 0) is 60.5 Å². The maximum absolute atomic E-state index is 12.8. The smallest absolute Gasteiger partial charge is 0.335 e. The Morgan fingerprint density at radius 1 is 0.824 bits per heavy atom. The number of carbonyl (C=O) groups is 2. The van der Waals surface area contributed by atoms with Gasteiger partial charge >= 0.3 is 5.97 Å². The third-order valence-corrected chi connectivity index (χ3v) is 5.83. The van der Waals surface area contributed by atoms with Gasteiger partial charge in [0.15, 0.2) is 0 Å². The molecule has 0 bridgehead atoms. The molecule has 1 heterocycles. The van der Waals surface area contributed by atoms with Crippen LogP contribution in [-0.4, -0.2) is 59.5 Å². The number of hydrogen-bond acceptors (Lipinski definition) is 5. The molecular weight excluding hydrogens is 430 g/mol. The van der Waals surface area contributed by atoms with Crippen LogP contribution in [0.3, 0.4) is 0 Å². The van der Waals surface area contributed by atoms with Gasteiger partial charge in [0.05, 0.1) is 12.1 Å². The third-order valence-electron chi connectivity index (χ3n) is 5.83. The van der Waals surface area contributed by atoms with E-state index in [0.717, 1.165) is 55.3 Å². The van der Waals surface area contributed by atoms with Gasteiger partial charge in [0.25, 0.3) is 0 Å². The zero-order chi connectivity index (χ0) is 23.8. The van der Waals surface area contributed by atoms with Crippen molar-refractivity contribution >= 4 is 17.6 Å². The molecular formula is C27H29N3O4. The number of nitrogens with one attached hydrogen (secondary N) is 1. The van der Waals surface area contributed by atoms with Gasteiger partial charge in [-0.1, -0.05) is 30.3 Å². The lowest BCUT2D eigenvalue weighted by molar-refractivity contribution is -0.129. The molecule has 1 aliphatic heterocycles. The molecule has 0 aliphatic carbocycles. The number of carboxylic acid groups (broad SMARTS) is 1. The molecule has 3 aromatic rings. The van der Waals surface area contributed by atoms with Crippen molar-refractivity contribution < 1.29 is 19.4 Å². The van der Waals surface area contributed by atoms with Crippen molar-refractivity contribution in [1.82, 2.24) is 9.80 Å². The first-order valence-corrected chi connectivity index (χ1v) is 11.5. The summed E-state index contributed by atoms with van der Waals surface area (Å²) in [5.41, 5.74) is 2.24. The second-order valence-corrected chi connectivity index (χ2v) is 8.31. The number of anilines is 1. The fourth-order valence-corrected chi connectivity index (χ4v) is 3.94. The lowest BCUT2D eigenvalue weighted by Gasteiger charge is -2.22. The number of hydrogen-bond donors (Lipinski definition) is 2. The highest BCUT2D eigenvalue weighted by molar-refractivity contribution is 5.87. The predicted molar refractivity (Wildman–Crippen MR) is 131 cm³/mol. The Balaban J connectivity index is 1.22.